The van der Waals surface area contributed by atoms with E-state index in [4.69, 9.17) is 9.73 Å². The molecule has 4 nitrogen and oxygen atoms in total. The van der Waals surface area contributed by atoms with Gasteiger partial charge in [-0.25, -0.2) is 0 Å². The summed E-state index contributed by atoms with van der Waals surface area (Å²) in [7, 11) is 0. The number of nitrogens with one attached hydrogen (secondary N) is 1. The fraction of sp³-hybridized carbons (Fsp3) is 0.933. The summed E-state index contributed by atoms with van der Waals surface area (Å²) >= 11 is 0. The minimum absolute atomic E-state index is 0. The van der Waals surface area contributed by atoms with Crippen molar-refractivity contribution >= 4 is 29.9 Å². The van der Waals surface area contributed by atoms with E-state index in [1.54, 1.807) is 0 Å². The average Bonchev–Trinajstić information content (AvgIpc) is 2.36. The molecule has 0 saturated carbocycles. The summed E-state index contributed by atoms with van der Waals surface area (Å²) < 4.78 is 5.35. The Morgan fingerprint density at radius 2 is 1.90 bits per heavy atom. The molecule has 2 unspecified atom stereocenters. The van der Waals surface area contributed by atoms with Gasteiger partial charge in [-0.3, -0.25) is 4.99 Å². The summed E-state index contributed by atoms with van der Waals surface area (Å²) in [6.45, 7) is 14.5. The second kappa shape index (κ2) is 11.6. The van der Waals surface area contributed by atoms with Crippen LogP contribution in [-0.4, -0.2) is 50.3 Å². The molecular formula is C15H32IN3O. The Morgan fingerprint density at radius 1 is 1.25 bits per heavy atom. The van der Waals surface area contributed by atoms with Crippen LogP contribution in [0.4, 0.5) is 0 Å². The second-order valence-electron chi connectivity index (χ2n) is 5.64. The Hall–Kier alpha value is -0.0400. The Labute approximate surface area is 141 Å². The predicted molar refractivity (Wildman–Crippen MR) is 97.0 cm³/mol. The second-order valence-corrected chi connectivity index (χ2v) is 5.64. The van der Waals surface area contributed by atoms with E-state index in [1.165, 1.54) is 6.42 Å². The van der Waals surface area contributed by atoms with E-state index in [0.717, 1.165) is 63.6 Å². The summed E-state index contributed by atoms with van der Waals surface area (Å²) in [4.78, 5) is 7.15. The van der Waals surface area contributed by atoms with Crippen LogP contribution in [0.1, 0.15) is 40.5 Å². The fourth-order valence-corrected chi connectivity index (χ4v) is 2.76. The van der Waals surface area contributed by atoms with Gasteiger partial charge in [0, 0.05) is 39.4 Å². The van der Waals surface area contributed by atoms with Crippen molar-refractivity contribution < 1.29 is 4.74 Å². The maximum Gasteiger partial charge on any atom is 0.193 e. The normalized spacial score (nSPS) is 23.4. The van der Waals surface area contributed by atoms with Crippen molar-refractivity contribution in [3.8, 4) is 0 Å². The highest BCUT2D eigenvalue weighted by atomic mass is 127. The van der Waals surface area contributed by atoms with E-state index in [-0.39, 0.29) is 24.0 Å². The zero-order valence-corrected chi connectivity index (χ0v) is 15.9. The number of hydrogen-bond acceptors (Lipinski definition) is 2. The Kier molecular flexibility index (Phi) is 11.6. The quantitative estimate of drug-likeness (QED) is 0.324. The van der Waals surface area contributed by atoms with Gasteiger partial charge in [0.1, 0.15) is 0 Å². The van der Waals surface area contributed by atoms with Gasteiger partial charge in [-0.2, -0.15) is 0 Å². The van der Waals surface area contributed by atoms with E-state index < -0.39 is 0 Å². The number of rotatable bonds is 6. The number of guanidine groups is 1. The fourth-order valence-electron chi connectivity index (χ4n) is 2.76. The lowest BCUT2D eigenvalue weighted by atomic mass is 9.92. The van der Waals surface area contributed by atoms with Crippen LogP contribution in [0.3, 0.4) is 0 Å². The van der Waals surface area contributed by atoms with Gasteiger partial charge in [0.25, 0.3) is 0 Å². The molecule has 1 rings (SSSR count). The third-order valence-corrected chi connectivity index (χ3v) is 3.42. The van der Waals surface area contributed by atoms with E-state index in [9.17, 15) is 0 Å². The van der Waals surface area contributed by atoms with Gasteiger partial charge in [0.05, 0.1) is 0 Å². The van der Waals surface area contributed by atoms with Gasteiger partial charge in [0.2, 0.25) is 0 Å². The van der Waals surface area contributed by atoms with Crippen molar-refractivity contribution in [2.24, 2.45) is 16.8 Å². The summed E-state index contributed by atoms with van der Waals surface area (Å²) in [6, 6.07) is 0. The standard InChI is InChI=1S/C15H31N3O.HI/c1-5-16-15(17-8-7-9-19-6-2)18-11-13(3)10-14(4)12-18;/h13-14H,5-12H2,1-4H3,(H,16,17);1H. The molecule has 1 N–H and O–H groups in total. The van der Waals surface area contributed by atoms with Gasteiger partial charge < -0.3 is 15.0 Å². The molecule has 5 heteroatoms. The van der Waals surface area contributed by atoms with Crippen LogP contribution < -0.4 is 5.32 Å². The molecule has 1 aliphatic rings. The van der Waals surface area contributed by atoms with Crippen molar-refractivity contribution in [1.82, 2.24) is 10.2 Å². The van der Waals surface area contributed by atoms with Crippen LogP contribution in [0, 0.1) is 11.8 Å². The number of ether oxygens (including phenoxy) is 1. The van der Waals surface area contributed by atoms with E-state index in [2.05, 4.69) is 31.0 Å². The van der Waals surface area contributed by atoms with Gasteiger partial charge in [-0.15, -0.1) is 24.0 Å². The number of nitrogens with zero attached hydrogens (tertiary/aromatic N) is 2. The summed E-state index contributed by atoms with van der Waals surface area (Å²) in [6.07, 6.45) is 2.34. The molecule has 1 fully saturated rings. The number of hydrogen-bond donors (Lipinski definition) is 1. The third-order valence-electron chi connectivity index (χ3n) is 3.42. The van der Waals surface area contributed by atoms with Crippen LogP contribution in [0.25, 0.3) is 0 Å². The lowest BCUT2D eigenvalue weighted by Crippen LogP contribution is -2.48. The lowest BCUT2D eigenvalue weighted by molar-refractivity contribution is 0.146. The molecule has 2 atom stereocenters. The molecule has 0 aromatic heterocycles. The van der Waals surface area contributed by atoms with Gasteiger partial charge in [-0.1, -0.05) is 13.8 Å². The van der Waals surface area contributed by atoms with Crippen LogP contribution in [0.15, 0.2) is 4.99 Å². The number of aliphatic imine (C=N–C) groups is 1. The highest BCUT2D eigenvalue weighted by Crippen LogP contribution is 2.20. The van der Waals surface area contributed by atoms with Gasteiger partial charge in [-0.05, 0) is 38.5 Å². The molecule has 0 amide bonds. The Balaban J connectivity index is 0.00000361. The minimum atomic E-state index is 0. The monoisotopic (exact) mass is 397 g/mol. The summed E-state index contributed by atoms with van der Waals surface area (Å²) in [5, 5.41) is 3.42. The van der Waals surface area contributed by atoms with Crippen LogP contribution in [0.2, 0.25) is 0 Å². The topological polar surface area (TPSA) is 36.9 Å². The van der Waals surface area contributed by atoms with Crippen molar-refractivity contribution in [2.75, 3.05) is 39.4 Å². The third kappa shape index (κ3) is 7.67. The van der Waals surface area contributed by atoms with Crippen LogP contribution in [0.5, 0.6) is 0 Å². The van der Waals surface area contributed by atoms with Crippen molar-refractivity contribution in [2.45, 2.75) is 40.5 Å². The summed E-state index contributed by atoms with van der Waals surface area (Å²) in [5.41, 5.74) is 0. The first-order chi connectivity index (χ1) is 9.17. The molecule has 1 saturated heterocycles. The maximum atomic E-state index is 5.35. The Morgan fingerprint density at radius 3 is 2.45 bits per heavy atom. The molecule has 1 aliphatic heterocycles. The molecule has 120 valence electrons. The van der Waals surface area contributed by atoms with Crippen LogP contribution >= 0.6 is 24.0 Å². The first kappa shape index (κ1) is 20.0. The van der Waals surface area contributed by atoms with Gasteiger partial charge >= 0.3 is 0 Å². The van der Waals surface area contributed by atoms with Crippen LogP contribution in [-0.2, 0) is 4.74 Å². The minimum Gasteiger partial charge on any atom is -0.382 e. The Bertz CT molecular complexity index is 264. The smallest absolute Gasteiger partial charge is 0.193 e. The van der Waals surface area contributed by atoms with Gasteiger partial charge in [0.15, 0.2) is 5.96 Å². The first-order valence-corrected chi connectivity index (χ1v) is 7.78. The molecule has 0 radical (unpaired) electrons. The van der Waals surface area contributed by atoms with Crippen molar-refractivity contribution in [3.05, 3.63) is 0 Å². The molecule has 0 aromatic rings. The highest BCUT2D eigenvalue weighted by Gasteiger charge is 2.23. The van der Waals surface area contributed by atoms with Crippen molar-refractivity contribution in [3.63, 3.8) is 0 Å². The first-order valence-electron chi connectivity index (χ1n) is 7.78. The highest BCUT2D eigenvalue weighted by molar-refractivity contribution is 14.0. The molecule has 1 heterocycles. The zero-order chi connectivity index (χ0) is 14.1. The average molecular weight is 397 g/mol. The van der Waals surface area contributed by atoms with E-state index in [0.29, 0.717) is 0 Å². The molecular weight excluding hydrogens is 365 g/mol. The summed E-state index contributed by atoms with van der Waals surface area (Å²) in [5.74, 6) is 2.60. The largest absolute Gasteiger partial charge is 0.382 e. The van der Waals surface area contributed by atoms with E-state index >= 15 is 0 Å². The molecule has 20 heavy (non-hydrogen) atoms. The molecule has 0 spiro atoms. The molecule has 0 aromatic carbocycles. The molecule has 0 aliphatic carbocycles. The SMILES string of the molecule is CCNC(=NCCCOCC)N1CC(C)CC(C)C1.I. The van der Waals surface area contributed by atoms with E-state index in [1.807, 2.05) is 6.92 Å². The number of likely N-dealkylation sites (tertiary alicyclic amines) is 1. The molecule has 0 bridgehead atoms. The maximum absolute atomic E-state index is 5.35. The lowest BCUT2D eigenvalue weighted by Gasteiger charge is -2.37. The number of halogens is 1. The number of piperidine rings is 1. The van der Waals surface area contributed by atoms with Crippen molar-refractivity contribution in [1.29, 1.82) is 0 Å². The predicted octanol–water partition coefficient (Wildman–Crippen LogP) is 2.97. The zero-order valence-electron chi connectivity index (χ0n) is 13.5.